The Morgan fingerprint density at radius 1 is 1.24 bits per heavy atom. The van der Waals surface area contributed by atoms with Crippen LogP contribution in [0.25, 0.3) is 0 Å². The summed E-state index contributed by atoms with van der Waals surface area (Å²) in [5.41, 5.74) is 0.113. The van der Waals surface area contributed by atoms with E-state index in [0.717, 1.165) is 12.1 Å². The molecule has 0 radical (unpaired) electrons. The van der Waals surface area contributed by atoms with E-state index in [1.165, 1.54) is 6.07 Å². The van der Waals surface area contributed by atoms with Gasteiger partial charge >= 0.3 is 11.9 Å². The molecule has 0 fully saturated rings. The zero-order chi connectivity index (χ0) is 16.2. The topological polar surface area (TPSA) is 136 Å². The molecular weight excluding hydrogens is 324 g/mol. The highest BCUT2D eigenvalue weighted by molar-refractivity contribution is 7.89. The summed E-state index contributed by atoms with van der Waals surface area (Å²) in [5, 5.41) is 25.7. The van der Waals surface area contributed by atoms with Crippen LogP contribution in [-0.4, -0.2) is 48.0 Å². The lowest BCUT2D eigenvalue weighted by atomic mass is 10.2. The van der Waals surface area contributed by atoms with Crippen molar-refractivity contribution in [3.8, 4) is 6.07 Å². The summed E-state index contributed by atoms with van der Waals surface area (Å²) in [4.78, 5) is 20.9. The molecule has 0 aliphatic rings. The molecule has 0 atom stereocenters. The third kappa shape index (κ3) is 4.16. The molecule has 1 aromatic carbocycles. The van der Waals surface area contributed by atoms with Gasteiger partial charge in [0, 0.05) is 0 Å². The first-order chi connectivity index (χ1) is 9.68. The second-order valence-corrected chi connectivity index (χ2v) is 6.13. The minimum absolute atomic E-state index is 0.113. The van der Waals surface area contributed by atoms with Crippen molar-refractivity contribution in [3.05, 3.63) is 28.8 Å². The number of hydrogen-bond donors (Lipinski definition) is 2. The maximum atomic E-state index is 12.3. The molecule has 0 amide bonds. The highest BCUT2D eigenvalue weighted by Gasteiger charge is 2.30. The normalized spacial score (nSPS) is 11.1. The molecule has 0 aliphatic heterocycles. The molecule has 0 saturated heterocycles. The Labute approximate surface area is 124 Å². The lowest BCUT2D eigenvalue weighted by molar-refractivity contribution is -0.139. The van der Waals surface area contributed by atoms with E-state index in [2.05, 4.69) is 0 Å². The summed E-state index contributed by atoms with van der Waals surface area (Å²) in [6.07, 6.45) is 0. The number of nitriles is 1. The number of halogens is 1. The third-order valence-corrected chi connectivity index (χ3v) is 4.58. The smallest absolute Gasteiger partial charge is 0.318 e. The summed E-state index contributed by atoms with van der Waals surface area (Å²) in [7, 11) is -4.42. The predicted octanol–water partition coefficient (Wildman–Crippen LogP) is 0.372. The molecular formula is C11H9ClN2O6S. The molecule has 0 saturated carbocycles. The van der Waals surface area contributed by atoms with Gasteiger partial charge < -0.3 is 10.2 Å². The number of sulfonamides is 1. The fraction of sp³-hybridized carbons (Fsp3) is 0.182. The summed E-state index contributed by atoms with van der Waals surface area (Å²) in [6, 6.07) is 5.05. The fourth-order valence-corrected chi connectivity index (χ4v) is 3.30. The molecule has 0 aromatic heterocycles. The molecule has 8 nitrogen and oxygen atoms in total. The van der Waals surface area contributed by atoms with Gasteiger partial charge in [-0.3, -0.25) is 9.59 Å². The van der Waals surface area contributed by atoms with Crippen LogP contribution in [0.2, 0.25) is 5.02 Å². The highest BCUT2D eigenvalue weighted by Crippen LogP contribution is 2.25. The Kier molecular flexibility index (Phi) is 5.26. The van der Waals surface area contributed by atoms with Crippen LogP contribution in [0.1, 0.15) is 5.56 Å². The van der Waals surface area contributed by atoms with Crippen molar-refractivity contribution in [3.63, 3.8) is 0 Å². The second-order valence-electron chi connectivity index (χ2n) is 3.82. The van der Waals surface area contributed by atoms with E-state index < -0.39 is 39.9 Å². The van der Waals surface area contributed by atoms with Crippen molar-refractivity contribution in [1.29, 1.82) is 5.26 Å². The molecule has 0 unspecified atom stereocenters. The largest absolute Gasteiger partial charge is 0.480 e. The first-order valence-corrected chi connectivity index (χ1v) is 7.13. The van der Waals surface area contributed by atoms with Gasteiger partial charge in [0.2, 0.25) is 10.0 Å². The van der Waals surface area contributed by atoms with Crippen molar-refractivity contribution in [2.24, 2.45) is 0 Å². The summed E-state index contributed by atoms with van der Waals surface area (Å²) >= 11 is 5.76. The van der Waals surface area contributed by atoms with Crippen molar-refractivity contribution in [2.75, 3.05) is 13.1 Å². The number of benzene rings is 1. The number of rotatable bonds is 6. The fourth-order valence-electron chi connectivity index (χ4n) is 1.45. The van der Waals surface area contributed by atoms with E-state index in [9.17, 15) is 18.0 Å². The van der Waals surface area contributed by atoms with Gasteiger partial charge in [-0.2, -0.15) is 9.57 Å². The van der Waals surface area contributed by atoms with Gasteiger partial charge in [0.25, 0.3) is 0 Å². The maximum absolute atomic E-state index is 12.3. The van der Waals surface area contributed by atoms with Crippen molar-refractivity contribution in [1.82, 2.24) is 4.31 Å². The second kappa shape index (κ2) is 6.53. The first-order valence-electron chi connectivity index (χ1n) is 5.32. The Balaban J connectivity index is 3.31. The average Bonchev–Trinajstić information content (AvgIpc) is 2.36. The van der Waals surface area contributed by atoms with E-state index in [4.69, 9.17) is 27.1 Å². The molecule has 1 rings (SSSR count). The zero-order valence-corrected chi connectivity index (χ0v) is 11.9. The van der Waals surface area contributed by atoms with Crippen LogP contribution in [0, 0.1) is 11.3 Å². The summed E-state index contributed by atoms with van der Waals surface area (Å²) in [6.45, 7) is -2.05. The molecule has 1 aromatic rings. The van der Waals surface area contributed by atoms with Crippen LogP contribution < -0.4 is 0 Å². The molecule has 112 valence electrons. The van der Waals surface area contributed by atoms with Crippen LogP contribution in [0.5, 0.6) is 0 Å². The lowest BCUT2D eigenvalue weighted by Gasteiger charge is -2.19. The Hall–Kier alpha value is -2.15. The predicted molar refractivity (Wildman–Crippen MR) is 70.2 cm³/mol. The monoisotopic (exact) mass is 332 g/mol. The van der Waals surface area contributed by atoms with Crippen molar-refractivity contribution < 1.29 is 28.2 Å². The summed E-state index contributed by atoms with van der Waals surface area (Å²) < 4.78 is 24.8. The Morgan fingerprint density at radius 3 is 2.14 bits per heavy atom. The van der Waals surface area contributed by atoms with E-state index in [1.807, 2.05) is 0 Å². The van der Waals surface area contributed by atoms with Gasteiger partial charge in [-0.1, -0.05) is 11.6 Å². The maximum Gasteiger partial charge on any atom is 0.318 e. The van der Waals surface area contributed by atoms with Crippen molar-refractivity contribution in [2.45, 2.75) is 4.90 Å². The minimum Gasteiger partial charge on any atom is -0.480 e. The number of aliphatic carboxylic acids is 2. The van der Waals surface area contributed by atoms with Gasteiger partial charge in [-0.15, -0.1) is 0 Å². The minimum atomic E-state index is -4.42. The molecule has 0 spiro atoms. The van der Waals surface area contributed by atoms with E-state index >= 15 is 0 Å². The van der Waals surface area contributed by atoms with E-state index in [-0.39, 0.29) is 14.9 Å². The Morgan fingerprint density at radius 2 is 1.76 bits per heavy atom. The molecule has 0 bridgehead atoms. The van der Waals surface area contributed by atoms with Crippen LogP contribution in [0.15, 0.2) is 23.1 Å². The van der Waals surface area contributed by atoms with Gasteiger partial charge in [-0.25, -0.2) is 8.42 Å². The van der Waals surface area contributed by atoms with Crippen LogP contribution in [0.4, 0.5) is 0 Å². The van der Waals surface area contributed by atoms with Crippen LogP contribution >= 0.6 is 11.6 Å². The van der Waals surface area contributed by atoms with Crippen LogP contribution in [-0.2, 0) is 19.6 Å². The molecule has 0 heterocycles. The van der Waals surface area contributed by atoms with Gasteiger partial charge in [0.15, 0.2) is 0 Å². The lowest BCUT2D eigenvalue weighted by Crippen LogP contribution is -2.39. The van der Waals surface area contributed by atoms with Gasteiger partial charge in [0.05, 0.1) is 16.7 Å². The Bertz CT molecular complexity index is 709. The molecule has 2 N–H and O–H groups in total. The molecule has 21 heavy (non-hydrogen) atoms. The van der Waals surface area contributed by atoms with E-state index in [0.29, 0.717) is 0 Å². The third-order valence-electron chi connectivity index (χ3n) is 2.30. The summed E-state index contributed by atoms with van der Waals surface area (Å²) in [5.74, 6) is -3.02. The van der Waals surface area contributed by atoms with Gasteiger partial charge in [0.1, 0.15) is 18.0 Å². The SMILES string of the molecule is N#Cc1ccc(S(=O)(=O)N(CC(=O)O)CC(=O)O)c(Cl)c1. The zero-order valence-electron chi connectivity index (χ0n) is 10.4. The number of carboxylic acid groups (broad SMARTS) is 2. The highest BCUT2D eigenvalue weighted by atomic mass is 35.5. The first kappa shape index (κ1) is 16.9. The van der Waals surface area contributed by atoms with Crippen molar-refractivity contribution >= 4 is 33.6 Å². The average molecular weight is 333 g/mol. The number of carboxylic acids is 2. The molecule has 10 heteroatoms. The van der Waals surface area contributed by atoms with E-state index in [1.54, 1.807) is 6.07 Å². The number of hydrogen-bond acceptors (Lipinski definition) is 5. The number of nitrogens with zero attached hydrogens (tertiary/aromatic N) is 2. The van der Waals surface area contributed by atoms with Crippen LogP contribution in [0.3, 0.4) is 0 Å². The number of carbonyl (C=O) groups is 2. The quantitative estimate of drug-likeness (QED) is 0.768. The standard InChI is InChI=1S/C11H9ClN2O6S/c12-8-3-7(4-13)1-2-9(8)21(19,20)14(5-10(15)16)6-11(17)18/h1-3H,5-6H2,(H,15,16)(H,17,18). The molecule has 0 aliphatic carbocycles. The van der Waals surface area contributed by atoms with Gasteiger partial charge in [-0.05, 0) is 18.2 Å².